The van der Waals surface area contributed by atoms with Crippen molar-refractivity contribution in [3.05, 3.63) is 72.9 Å². The molecule has 0 aliphatic heterocycles. The average Bonchev–Trinajstić information content (AvgIpc) is 3.31. The second-order valence-corrected chi connectivity index (χ2v) is 19.8. The van der Waals surface area contributed by atoms with E-state index in [0.29, 0.717) is 17.4 Å². The zero-order valence-corrected chi connectivity index (χ0v) is 45.2. The van der Waals surface area contributed by atoms with Gasteiger partial charge in [0.2, 0.25) is 0 Å². The van der Waals surface area contributed by atoms with Gasteiger partial charge >= 0.3 is 11.9 Å². The number of carboxylic acids is 1. The quantitative estimate of drug-likeness (QED) is 0.0195. The first kappa shape index (κ1) is 65.7. The van der Waals surface area contributed by atoms with E-state index >= 15 is 0 Å². The van der Waals surface area contributed by atoms with Crippen molar-refractivity contribution >= 4 is 17.9 Å². The van der Waals surface area contributed by atoms with Crippen LogP contribution in [0.5, 0.6) is 0 Å². The molecule has 0 fully saturated rings. The monoisotopic (exact) mass is 968 g/mol. The van der Waals surface area contributed by atoms with E-state index in [1.807, 2.05) is 21.1 Å². The maximum atomic E-state index is 12.8. The minimum atomic E-state index is -1.63. The topological polar surface area (TPSA) is 111 Å². The van der Waals surface area contributed by atoms with Crippen molar-refractivity contribution in [2.75, 3.05) is 47.5 Å². The van der Waals surface area contributed by atoms with E-state index in [9.17, 15) is 19.5 Å². The number of aliphatic carboxylic acids is 1. The second kappa shape index (κ2) is 51.1. The first-order valence-corrected chi connectivity index (χ1v) is 28.1. The Hall–Kier alpha value is -3.27. The van der Waals surface area contributed by atoms with Crippen LogP contribution < -0.4 is 5.11 Å². The number of hydrogen-bond donors (Lipinski definition) is 0. The maximum absolute atomic E-state index is 12.8. The van der Waals surface area contributed by atoms with E-state index in [1.165, 1.54) is 122 Å². The summed E-state index contributed by atoms with van der Waals surface area (Å²) in [7, 11) is 5.91. The van der Waals surface area contributed by atoms with Gasteiger partial charge in [-0.3, -0.25) is 9.59 Å². The number of rotatable bonds is 51. The lowest BCUT2D eigenvalue weighted by molar-refractivity contribution is -0.870. The number of carboxylic acid groups (broad SMARTS) is 1. The molecule has 0 aliphatic carbocycles. The fraction of sp³-hybridized carbons (Fsp3) is 0.750. The molecule has 0 rings (SSSR count). The average molecular weight is 968 g/mol. The van der Waals surface area contributed by atoms with Crippen LogP contribution in [0.25, 0.3) is 0 Å². The third-order valence-corrected chi connectivity index (χ3v) is 11.9. The van der Waals surface area contributed by atoms with Crippen LogP contribution >= 0.6 is 0 Å². The van der Waals surface area contributed by atoms with E-state index in [4.69, 9.17) is 18.9 Å². The Balaban J connectivity index is 4.32. The van der Waals surface area contributed by atoms with E-state index in [1.54, 1.807) is 0 Å². The SMILES string of the molecule is CC/C=C\C/C=C\C/C=C\C/C=C\C/C=C\CCCCCCCCCC(=O)OC(COC(=O)CCCCCCCCCCC/C=C\CCCCCCCCCC)COC(OCC[N+](C)(C)C)C(=O)[O-]. The molecule has 0 aromatic rings. The Morgan fingerprint density at radius 2 is 0.826 bits per heavy atom. The summed E-state index contributed by atoms with van der Waals surface area (Å²) < 4.78 is 22.7. The first-order chi connectivity index (χ1) is 33.6. The number of quaternary nitrogens is 1. The van der Waals surface area contributed by atoms with Gasteiger partial charge in [0, 0.05) is 12.8 Å². The Kier molecular flexibility index (Phi) is 48.7. The van der Waals surface area contributed by atoms with Crippen LogP contribution in [0.4, 0.5) is 0 Å². The number of hydrogen-bond acceptors (Lipinski definition) is 8. The smallest absolute Gasteiger partial charge is 0.306 e. The fourth-order valence-electron chi connectivity index (χ4n) is 7.62. The van der Waals surface area contributed by atoms with Crippen molar-refractivity contribution in [1.29, 1.82) is 0 Å². The molecule has 2 atom stereocenters. The van der Waals surface area contributed by atoms with E-state index < -0.39 is 24.3 Å². The fourth-order valence-corrected chi connectivity index (χ4v) is 7.62. The summed E-state index contributed by atoms with van der Waals surface area (Å²) in [6.45, 7) is 4.63. The normalized spacial score (nSPS) is 13.3. The summed E-state index contributed by atoms with van der Waals surface area (Å²) in [5.41, 5.74) is 0. The summed E-state index contributed by atoms with van der Waals surface area (Å²) in [4.78, 5) is 37.3. The molecule has 398 valence electrons. The lowest BCUT2D eigenvalue weighted by Crippen LogP contribution is -2.44. The molecule has 69 heavy (non-hydrogen) atoms. The number of ether oxygens (including phenoxy) is 4. The summed E-state index contributed by atoms with van der Waals surface area (Å²) >= 11 is 0. The van der Waals surface area contributed by atoms with Crippen molar-refractivity contribution in [2.24, 2.45) is 0 Å². The van der Waals surface area contributed by atoms with E-state index in [2.05, 4.69) is 86.8 Å². The Morgan fingerprint density at radius 3 is 1.25 bits per heavy atom. The molecule has 0 amide bonds. The van der Waals surface area contributed by atoms with Crippen molar-refractivity contribution in [3.8, 4) is 0 Å². The van der Waals surface area contributed by atoms with Crippen molar-refractivity contribution in [3.63, 3.8) is 0 Å². The molecule has 0 N–H and O–H groups in total. The molecule has 0 saturated heterocycles. The molecule has 0 aromatic heterocycles. The van der Waals surface area contributed by atoms with Crippen LogP contribution in [0.15, 0.2) is 72.9 Å². The minimum absolute atomic E-state index is 0.142. The third kappa shape index (κ3) is 52.4. The van der Waals surface area contributed by atoms with Gasteiger partial charge < -0.3 is 33.3 Å². The number of allylic oxidation sites excluding steroid dienone is 12. The summed E-state index contributed by atoms with van der Waals surface area (Å²) in [6, 6.07) is 0. The maximum Gasteiger partial charge on any atom is 0.306 e. The number of likely N-dealkylation sites (N-methyl/N-ethyl adjacent to an activating group) is 1. The summed E-state index contributed by atoms with van der Waals surface area (Å²) in [5.74, 6) is -2.30. The molecular formula is C60H105NO8. The second-order valence-electron chi connectivity index (χ2n) is 19.8. The van der Waals surface area contributed by atoms with Crippen LogP contribution in [0, 0.1) is 0 Å². The van der Waals surface area contributed by atoms with E-state index in [0.717, 1.165) is 77.0 Å². The van der Waals surface area contributed by atoms with Gasteiger partial charge in [0.25, 0.3) is 0 Å². The van der Waals surface area contributed by atoms with Crippen LogP contribution in [-0.2, 0) is 33.3 Å². The number of esters is 2. The predicted molar refractivity (Wildman–Crippen MR) is 288 cm³/mol. The highest BCUT2D eigenvalue weighted by Gasteiger charge is 2.22. The largest absolute Gasteiger partial charge is 0.545 e. The minimum Gasteiger partial charge on any atom is -0.545 e. The van der Waals surface area contributed by atoms with Crippen molar-refractivity contribution < 1.29 is 42.9 Å². The number of nitrogens with zero attached hydrogens (tertiary/aromatic N) is 1. The van der Waals surface area contributed by atoms with Crippen molar-refractivity contribution in [1.82, 2.24) is 0 Å². The molecule has 0 aromatic carbocycles. The zero-order chi connectivity index (χ0) is 50.6. The molecule has 0 spiro atoms. The number of carbonyl (C=O) groups excluding carboxylic acids is 3. The van der Waals surface area contributed by atoms with Crippen LogP contribution in [0.3, 0.4) is 0 Å². The van der Waals surface area contributed by atoms with Crippen LogP contribution in [0.1, 0.15) is 232 Å². The molecule has 9 heteroatoms. The van der Waals surface area contributed by atoms with Gasteiger partial charge in [-0.1, -0.05) is 209 Å². The molecule has 0 aliphatic rings. The molecule has 0 heterocycles. The van der Waals surface area contributed by atoms with Crippen LogP contribution in [-0.4, -0.2) is 82.3 Å². The van der Waals surface area contributed by atoms with Gasteiger partial charge in [-0.05, 0) is 83.5 Å². The lowest BCUT2D eigenvalue weighted by atomic mass is 10.1. The van der Waals surface area contributed by atoms with Gasteiger partial charge in [-0.15, -0.1) is 0 Å². The molecular weight excluding hydrogens is 863 g/mol. The molecule has 0 bridgehead atoms. The standard InChI is InChI=1S/C60H105NO8/c1-6-8-10-12-14-16-18-20-22-24-26-28-29-31-33-35-37-39-41-43-45-47-49-51-58(63)69-56(55-68-60(59(64)65)66-53-52-61(3,4)5)54-67-57(62)50-48-46-44-42-40-38-36-34-32-30-27-25-23-21-19-17-15-13-11-9-7-2/h8,10,14,16,20,22,25-28,31,33,56,60H,6-7,9,11-13,15,17-19,21,23-24,29-30,32,34-55H2,1-5H3/b10-8-,16-14-,22-20-,27-25-,28-26-,33-31-. The highest BCUT2D eigenvalue weighted by Crippen LogP contribution is 2.15. The molecule has 9 nitrogen and oxygen atoms in total. The zero-order valence-electron chi connectivity index (χ0n) is 45.2. The highest BCUT2D eigenvalue weighted by atomic mass is 16.7. The Bertz CT molecular complexity index is 1360. The van der Waals surface area contributed by atoms with Crippen molar-refractivity contribution in [2.45, 2.75) is 245 Å². The number of unbranched alkanes of at least 4 members (excludes halogenated alkanes) is 24. The van der Waals surface area contributed by atoms with Gasteiger partial charge in [0.15, 0.2) is 12.4 Å². The lowest BCUT2D eigenvalue weighted by Gasteiger charge is -2.26. The number of carbonyl (C=O) groups is 3. The predicted octanol–water partition coefficient (Wildman–Crippen LogP) is 14.9. The summed E-state index contributed by atoms with van der Waals surface area (Å²) in [5, 5.41) is 11.8. The van der Waals surface area contributed by atoms with E-state index in [-0.39, 0.29) is 38.6 Å². The van der Waals surface area contributed by atoms with Gasteiger partial charge in [-0.2, -0.15) is 0 Å². The summed E-state index contributed by atoms with van der Waals surface area (Å²) in [6.07, 6.45) is 62.2. The molecule has 0 radical (unpaired) electrons. The van der Waals surface area contributed by atoms with Gasteiger partial charge in [0.05, 0.1) is 40.3 Å². The Morgan fingerprint density at radius 1 is 0.449 bits per heavy atom. The van der Waals surface area contributed by atoms with Gasteiger partial charge in [0.1, 0.15) is 13.2 Å². The van der Waals surface area contributed by atoms with Crippen LogP contribution in [0.2, 0.25) is 0 Å². The highest BCUT2D eigenvalue weighted by molar-refractivity contribution is 5.70. The van der Waals surface area contributed by atoms with Gasteiger partial charge in [-0.25, -0.2) is 0 Å². The first-order valence-electron chi connectivity index (χ1n) is 28.1. The molecule has 0 saturated carbocycles. The molecule has 2 unspecified atom stereocenters. The Labute approximate surface area is 424 Å². The third-order valence-electron chi connectivity index (χ3n) is 11.9.